The van der Waals surface area contributed by atoms with Crippen LogP contribution < -0.4 is 5.32 Å². The number of hydrogen-bond acceptors (Lipinski definition) is 4. The highest BCUT2D eigenvalue weighted by molar-refractivity contribution is 7.10. The number of aromatic nitrogens is 2. The van der Waals surface area contributed by atoms with E-state index in [2.05, 4.69) is 33.7 Å². The lowest BCUT2D eigenvalue weighted by Crippen LogP contribution is -2.18. The van der Waals surface area contributed by atoms with Gasteiger partial charge in [-0.1, -0.05) is 0 Å². The molecule has 16 heavy (non-hydrogen) atoms. The third-order valence-electron chi connectivity index (χ3n) is 2.47. The van der Waals surface area contributed by atoms with Crippen molar-refractivity contribution in [3.05, 3.63) is 45.7 Å². The largest absolute Gasteiger partial charge is 0.308 e. The fourth-order valence-electron chi connectivity index (χ4n) is 1.65. The number of aryl methyl sites for hydroxylation is 2. The van der Waals surface area contributed by atoms with E-state index in [-0.39, 0.29) is 6.04 Å². The fourth-order valence-corrected chi connectivity index (χ4v) is 2.38. The molecule has 1 N–H and O–H groups in total. The van der Waals surface area contributed by atoms with Crippen molar-refractivity contribution >= 4 is 11.3 Å². The summed E-state index contributed by atoms with van der Waals surface area (Å²) in [5.74, 6) is 0. The summed E-state index contributed by atoms with van der Waals surface area (Å²) in [6.45, 7) is 4.06. The highest BCUT2D eigenvalue weighted by atomic mass is 32.1. The van der Waals surface area contributed by atoms with E-state index in [1.54, 1.807) is 17.5 Å². The molecule has 0 bridgehead atoms. The van der Waals surface area contributed by atoms with Crippen LogP contribution in [0.1, 0.15) is 27.9 Å². The molecule has 0 fully saturated rings. The van der Waals surface area contributed by atoms with Gasteiger partial charge in [0.1, 0.15) is 0 Å². The second kappa shape index (κ2) is 4.72. The molecule has 0 radical (unpaired) electrons. The molecule has 3 nitrogen and oxygen atoms in total. The molecule has 2 aromatic rings. The smallest absolute Gasteiger partial charge is 0.0801 e. The van der Waals surface area contributed by atoms with Gasteiger partial charge in [-0.3, -0.25) is 9.97 Å². The van der Waals surface area contributed by atoms with Crippen LogP contribution in [0.25, 0.3) is 0 Å². The zero-order chi connectivity index (χ0) is 11.5. The maximum Gasteiger partial charge on any atom is 0.0801 e. The lowest BCUT2D eigenvalue weighted by Gasteiger charge is -2.13. The van der Waals surface area contributed by atoms with E-state index in [4.69, 9.17) is 0 Å². The van der Waals surface area contributed by atoms with E-state index >= 15 is 0 Å². The van der Waals surface area contributed by atoms with Crippen LogP contribution in [0.2, 0.25) is 0 Å². The van der Waals surface area contributed by atoms with E-state index in [1.807, 2.05) is 20.2 Å². The minimum absolute atomic E-state index is 0.137. The quantitative estimate of drug-likeness (QED) is 0.885. The maximum absolute atomic E-state index is 4.41. The van der Waals surface area contributed by atoms with Gasteiger partial charge in [-0.2, -0.15) is 0 Å². The molecule has 2 aromatic heterocycles. The maximum atomic E-state index is 4.41. The summed E-state index contributed by atoms with van der Waals surface area (Å²) in [7, 11) is 1.94. The van der Waals surface area contributed by atoms with Crippen molar-refractivity contribution in [3.8, 4) is 0 Å². The zero-order valence-corrected chi connectivity index (χ0v) is 10.5. The van der Waals surface area contributed by atoms with Crippen molar-refractivity contribution in [2.24, 2.45) is 0 Å². The second-order valence-electron chi connectivity index (χ2n) is 3.80. The SMILES string of the molecule is CNC(c1csc(C)c1)c1cnc(C)cn1. The predicted octanol–water partition coefficient (Wildman–Crippen LogP) is 2.46. The van der Waals surface area contributed by atoms with Crippen LogP contribution in [0.15, 0.2) is 23.8 Å². The Hall–Kier alpha value is -1.26. The third kappa shape index (κ3) is 2.28. The molecule has 0 saturated carbocycles. The molecular weight excluding hydrogens is 218 g/mol. The molecule has 2 heterocycles. The Morgan fingerprint density at radius 2 is 2.06 bits per heavy atom. The van der Waals surface area contributed by atoms with Gasteiger partial charge in [0.05, 0.1) is 23.6 Å². The first-order valence-electron chi connectivity index (χ1n) is 5.21. The Labute approximate surface area is 99.6 Å². The minimum atomic E-state index is 0.137. The van der Waals surface area contributed by atoms with Gasteiger partial charge >= 0.3 is 0 Å². The number of nitrogens with one attached hydrogen (secondary N) is 1. The van der Waals surface area contributed by atoms with Crippen LogP contribution in [0.4, 0.5) is 0 Å². The zero-order valence-electron chi connectivity index (χ0n) is 9.69. The number of nitrogens with zero attached hydrogens (tertiary/aromatic N) is 2. The van der Waals surface area contributed by atoms with E-state index in [0.29, 0.717) is 0 Å². The molecule has 0 aliphatic heterocycles. The summed E-state index contributed by atoms with van der Waals surface area (Å²) >= 11 is 1.76. The van der Waals surface area contributed by atoms with Crippen molar-refractivity contribution < 1.29 is 0 Å². The van der Waals surface area contributed by atoms with E-state index in [0.717, 1.165) is 11.4 Å². The topological polar surface area (TPSA) is 37.8 Å². The Bertz CT molecular complexity index is 461. The van der Waals surface area contributed by atoms with Crippen molar-refractivity contribution in [2.75, 3.05) is 7.05 Å². The van der Waals surface area contributed by atoms with Gasteiger partial charge in [-0.25, -0.2) is 0 Å². The standard InChI is InChI=1S/C12H15N3S/c1-8-5-15-11(6-14-8)12(13-3)10-4-9(2)16-7-10/h4-7,12-13H,1-3H3. The molecule has 0 aliphatic carbocycles. The first kappa shape index (κ1) is 11.2. The van der Waals surface area contributed by atoms with Crippen LogP contribution >= 0.6 is 11.3 Å². The third-order valence-corrected chi connectivity index (χ3v) is 3.35. The van der Waals surface area contributed by atoms with Crippen LogP contribution in [-0.2, 0) is 0 Å². The molecule has 0 saturated heterocycles. The summed E-state index contributed by atoms with van der Waals surface area (Å²) in [6.07, 6.45) is 3.64. The van der Waals surface area contributed by atoms with Gasteiger partial charge in [0, 0.05) is 11.1 Å². The van der Waals surface area contributed by atoms with Gasteiger partial charge in [-0.15, -0.1) is 11.3 Å². The summed E-state index contributed by atoms with van der Waals surface area (Å²) < 4.78 is 0. The van der Waals surface area contributed by atoms with Gasteiger partial charge in [-0.05, 0) is 37.9 Å². The normalized spacial score (nSPS) is 12.7. The summed E-state index contributed by atoms with van der Waals surface area (Å²) in [5, 5.41) is 5.44. The van der Waals surface area contributed by atoms with Gasteiger partial charge < -0.3 is 5.32 Å². The van der Waals surface area contributed by atoms with Gasteiger partial charge in [0.2, 0.25) is 0 Å². The summed E-state index contributed by atoms with van der Waals surface area (Å²) in [4.78, 5) is 10.0. The molecule has 1 atom stereocenters. The Morgan fingerprint density at radius 1 is 1.25 bits per heavy atom. The molecular formula is C12H15N3S. The van der Waals surface area contributed by atoms with Crippen molar-refractivity contribution in [1.82, 2.24) is 15.3 Å². The first-order chi connectivity index (χ1) is 7.70. The Morgan fingerprint density at radius 3 is 2.56 bits per heavy atom. The van der Waals surface area contributed by atoms with Crippen molar-refractivity contribution in [1.29, 1.82) is 0 Å². The van der Waals surface area contributed by atoms with Crippen LogP contribution in [0.3, 0.4) is 0 Å². The van der Waals surface area contributed by atoms with Crippen molar-refractivity contribution in [2.45, 2.75) is 19.9 Å². The molecule has 0 amide bonds. The van der Waals surface area contributed by atoms with Gasteiger partial charge in [0.15, 0.2) is 0 Å². The van der Waals surface area contributed by atoms with Crippen molar-refractivity contribution in [3.63, 3.8) is 0 Å². The lowest BCUT2D eigenvalue weighted by atomic mass is 10.1. The van der Waals surface area contributed by atoms with E-state index in [9.17, 15) is 0 Å². The van der Waals surface area contributed by atoms with Gasteiger partial charge in [0.25, 0.3) is 0 Å². The number of rotatable bonds is 3. The number of thiophene rings is 1. The Kier molecular flexibility index (Phi) is 3.31. The van der Waals surface area contributed by atoms with E-state index in [1.165, 1.54) is 10.4 Å². The average molecular weight is 233 g/mol. The van der Waals surface area contributed by atoms with Crippen LogP contribution in [0.5, 0.6) is 0 Å². The molecule has 4 heteroatoms. The van der Waals surface area contributed by atoms with Crippen LogP contribution in [-0.4, -0.2) is 17.0 Å². The summed E-state index contributed by atoms with van der Waals surface area (Å²) in [6, 6.07) is 2.32. The number of hydrogen-bond donors (Lipinski definition) is 1. The predicted molar refractivity (Wildman–Crippen MR) is 66.7 cm³/mol. The molecule has 2 rings (SSSR count). The molecule has 0 aliphatic rings. The molecule has 84 valence electrons. The van der Waals surface area contributed by atoms with Crippen LogP contribution in [0, 0.1) is 13.8 Å². The highest BCUT2D eigenvalue weighted by Crippen LogP contribution is 2.24. The monoisotopic (exact) mass is 233 g/mol. The molecule has 0 aromatic carbocycles. The highest BCUT2D eigenvalue weighted by Gasteiger charge is 2.14. The molecule has 0 spiro atoms. The molecule has 1 unspecified atom stereocenters. The average Bonchev–Trinajstić information content (AvgIpc) is 2.69. The fraction of sp³-hybridized carbons (Fsp3) is 0.333. The second-order valence-corrected chi connectivity index (χ2v) is 4.91. The lowest BCUT2D eigenvalue weighted by molar-refractivity contribution is 0.667. The summed E-state index contributed by atoms with van der Waals surface area (Å²) in [5.41, 5.74) is 3.16. The first-order valence-corrected chi connectivity index (χ1v) is 6.09. The minimum Gasteiger partial charge on any atom is -0.308 e. The van der Waals surface area contributed by atoms with E-state index < -0.39 is 0 Å². The Balaban J connectivity index is 2.32.